The molecule has 0 atom stereocenters. The highest BCUT2D eigenvalue weighted by Gasteiger charge is 2.11. The van der Waals surface area contributed by atoms with E-state index in [1.54, 1.807) is 6.07 Å². The highest BCUT2D eigenvalue weighted by atomic mass is 35.5. The van der Waals surface area contributed by atoms with Gasteiger partial charge in [-0.2, -0.15) is 5.26 Å². The number of ether oxygens (including phenoxy) is 1. The Hall–Kier alpha value is -3.01. The normalized spacial score (nSPS) is 10.3. The number of hydrogen-bond donors (Lipinski definition) is 1. The van der Waals surface area contributed by atoms with Gasteiger partial charge in [-0.15, -0.1) is 11.8 Å². The van der Waals surface area contributed by atoms with Crippen LogP contribution in [0.4, 0.5) is 5.69 Å². The zero-order chi connectivity index (χ0) is 19.9. The zero-order valence-electron chi connectivity index (χ0n) is 14.6. The van der Waals surface area contributed by atoms with E-state index in [0.29, 0.717) is 5.02 Å². The average Bonchev–Trinajstić information content (AvgIpc) is 2.70. The average molecular weight is 411 g/mol. The molecule has 0 aliphatic heterocycles. The van der Waals surface area contributed by atoms with Gasteiger partial charge in [-0.1, -0.05) is 41.9 Å². The lowest BCUT2D eigenvalue weighted by atomic mass is 10.1. The van der Waals surface area contributed by atoms with E-state index in [-0.39, 0.29) is 17.0 Å². The number of thioether (sulfide) groups is 1. The van der Waals surface area contributed by atoms with Crippen molar-refractivity contribution in [1.29, 1.82) is 5.26 Å². The first-order valence-electron chi connectivity index (χ1n) is 8.32. The van der Waals surface area contributed by atoms with E-state index in [1.165, 1.54) is 23.9 Å². The standard InChI is InChI=1S/C21H15ClN2O3S/c22-17-7-5-16(11-23)19(10-17)24-20(25)12-27-21(26)13-28-18-8-6-14-3-1-2-4-15(14)9-18/h1-10H,12-13H2,(H,24,25). The number of rotatable bonds is 6. The molecule has 5 nitrogen and oxygen atoms in total. The molecule has 0 radical (unpaired) electrons. The Morgan fingerprint density at radius 2 is 1.86 bits per heavy atom. The van der Waals surface area contributed by atoms with E-state index < -0.39 is 18.5 Å². The molecule has 3 rings (SSSR count). The second-order valence-electron chi connectivity index (χ2n) is 5.81. The largest absolute Gasteiger partial charge is 0.455 e. The fraction of sp³-hybridized carbons (Fsp3) is 0.0952. The van der Waals surface area contributed by atoms with Gasteiger partial charge in [0.05, 0.1) is 17.0 Å². The van der Waals surface area contributed by atoms with Crippen LogP contribution < -0.4 is 5.32 Å². The van der Waals surface area contributed by atoms with E-state index in [0.717, 1.165) is 15.7 Å². The predicted molar refractivity (Wildman–Crippen MR) is 110 cm³/mol. The Morgan fingerprint density at radius 3 is 2.64 bits per heavy atom. The van der Waals surface area contributed by atoms with Crippen molar-refractivity contribution < 1.29 is 14.3 Å². The molecule has 0 heterocycles. The van der Waals surface area contributed by atoms with Crippen molar-refractivity contribution in [1.82, 2.24) is 0 Å². The van der Waals surface area contributed by atoms with Gasteiger partial charge in [0, 0.05) is 9.92 Å². The highest BCUT2D eigenvalue weighted by Crippen LogP contribution is 2.24. The maximum atomic E-state index is 12.0. The van der Waals surface area contributed by atoms with E-state index in [4.69, 9.17) is 21.6 Å². The topological polar surface area (TPSA) is 79.2 Å². The molecule has 1 amide bonds. The van der Waals surface area contributed by atoms with Gasteiger partial charge >= 0.3 is 5.97 Å². The lowest BCUT2D eigenvalue weighted by Crippen LogP contribution is -2.22. The Labute approximate surface area is 171 Å². The minimum atomic E-state index is -0.539. The molecular weight excluding hydrogens is 396 g/mol. The molecule has 0 saturated carbocycles. The van der Waals surface area contributed by atoms with Gasteiger partial charge in [-0.05, 0) is 41.1 Å². The van der Waals surface area contributed by atoms with E-state index in [9.17, 15) is 9.59 Å². The van der Waals surface area contributed by atoms with Crippen molar-refractivity contribution in [2.75, 3.05) is 17.7 Å². The number of amides is 1. The fourth-order valence-corrected chi connectivity index (χ4v) is 3.41. The van der Waals surface area contributed by atoms with Crippen molar-refractivity contribution in [2.45, 2.75) is 4.90 Å². The van der Waals surface area contributed by atoms with Crippen LogP contribution in [0.15, 0.2) is 65.6 Å². The lowest BCUT2D eigenvalue weighted by Gasteiger charge is -2.08. The summed E-state index contributed by atoms with van der Waals surface area (Å²) in [6.07, 6.45) is 0. The number of hydrogen-bond acceptors (Lipinski definition) is 5. The van der Waals surface area contributed by atoms with Crippen LogP contribution in [0.2, 0.25) is 5.02 Å². The smallest absolute Gasteiger partial charge is 0.316 e. The van der Waals surface area contributed by atoms with Crippen LogP contribution in [0, 0.1) is 11.3 Å². The number of halogens is 1. The molecule has 0 saturated heterocycles. The molecule has 140 valence electrons. The summed E-state index contributed by atoms with van der Waals surface area (Å²) in [6.45, 7) is -0.436. The van der Waals surface area contributed by atoms with Gasteiger partial charge in [-0.3, -0.25) is 9.59 Å². The number of anilines is 1. The molecule has 1 N–H and O–H groups in total. The quantitative estimate of drug-likeness (QED) is 0.473. The summed E-state index contributed by atoms with van der Waals surface area (Å²) in [4.78, 5) is 24.8. The van der Waals surface area contributed by atoms with E-state index in [1.807, 2.05) is 48.5 Å². The maximum Gasteiger partial charge on any atom is 0.316 e. The van der Waals surface area contributed by atoms with E-state index >= 15 is 0 Å². The van der Waals surface area contributed by atoms with Gasteiger partial charge in [0.1, 0.15) is 6.07 Å². The summed E-state index contributed by atoms with van der Waals surface area (Å²) in [6, 6.07) is 20.4. The van der Waals surface area contributed by atoms with Gasteiger partial charge in [0.2, 0.25) is 0 Å². The number of carbonyl (C=O) groups excluding carboxylic acids is 2. The molecular formula is C21H15ClN2O3S. The van der Waals surface area contributed by atoms with Crippen molar-refractivity contribution in [3.8, 4) is 6.07 Å². The second kappa shape index (κ2) is 9.27. The number of nitriles is 1. The molecule has 0 fully saturated rings. The SMILES string of the molecule is N#Cc1ccc(Cl)cc1NC(=O)COC(=O)CSc1ccc2ccccc2c1. The zero-order valence-corrected chi connectivity index (χ0v) is 16.2. The van der Waals surface area contributed by atoms with Crippen LogP contribution in [0.5, 0.6) is 0 Å². The number of benzene rings is 3. The molecule has 0 aromatic heterocycles. The Kier molecular flexibility index (Phi) is 6.53. The molecule has 3 aromatic rings. The summed E-state index contributed by atoms with van der Waals surface area (Å²) < 4.78 is 5.00. The van der Waals surface area contributed by atoms with Gasteiger partial charge in [0.15, 0.2) is 6.61 Å². The van der Waals surface area contributed by atoms with Crippen LogP contribution in [0.3, 0.4) is 0 Å². The fourth-order valence-electron chi connectivity index (χ4n) is 2.49. The van der Waals surface area contributed by atoms with Crippen LogP contribution >= 0.6 is 23.4 Å². The summed E-state index contributed by atoms with van der Waals surface area (Å²) in [5.74, 6) is -0.950. The first-order chi connectivity index (χ1) is 13.5. The van der Waals surface area contributed by atoms with Crippen molar-refractivity contribution in [2.24, 2.45) is 0 Å². The molecule has 0 aliphatic carbocycles. The van der Waals surface area contributed by atoms with Crippen LogP contribution in [-0.4, -0.2) is 24.2 Å². The van der Waals surface area contributed by atoms with Crippen molar-refractivity contribution in [3.05, 3.63) is 71.2 Å². The summed E-state index contributed by atoms with van der Waals surface area (Å²) in [5.41, 5.74) is 0.553. The summed E-state index contributed by atoms with van der Waals surface area (Å²) in [5, 5.41) is 14.2. The Balaban J connectivity index is 1.49. The highest BCUT2D eigenvalue weighted by molar-refractivity contribution is 8.00. The van der Waals surface area contributed by atoms with Gasteiger partial charge in [-0.25, -0.2) is 0 Å². The number of esters is 1. The molecule has 3 aromatic carbocycles. The maximum absolute atomic E-state index is 12.0. The predicted octanol–water partition coefficient (Wildman–Crippen LogP) is 4.64. The molecule has 7 heteroatoms. The molecule has 0 spiro atoms. The summed E-state index contributed by atoms with van der Waals surface area (Å²) >= 11 is 7.21. The Morgan fingerprint density at radius 1 is 1.07 bits per heavy atom. The van der Waals surface area contributed by atoms with Gasteiger partial charge in [0.25, 0.3) is 5.91 Å². The molecule has 0 unspecified atom stereocenters. The Bertz CT molecular complexity index is 1080. The number of nitrogens with zero attached hydrogens (tertiary/aromatic N) is 1. The van der Waals surface area contributed by atoms with Crippen molar-refractivity contribution >= 4 is 51.7 Å². The number of fused-ring (bicyclic) bond motifs is 1. The van der Waals surface area contributed by atoms with Crippen LogP contribution in [-0.2, 0) is 14.3 Å². The van der Waals surface area contributed by atoms with Gasteiger partial charge < -0.3 is 10.1 Å². The first-order valence-corrected chi connectivity index (χ1v) is 9.68. The third-order valence-electron chi connectivity index (χ3n) is 3.82. The third kappa shape index (κ3) is 5.26. The minimum Gasteiger partial charge on any atom is -0.455 e. The lowest BCUT2D eigenvalue weighted by molar-refractivity contribution is -0.144. The van der Waals surface area contributed by atoms with Crippen LogP contribution in [0.1, 0.15) is 5.56 Å². The molecule has 28 heavy (non-hydrogen) atoms. The summed E-state index contributed by atoms with van der Waals surface area (Å²) in [7, 11) is 0. The molecule has 0 bridgehead atoms. The first kappa shape index (κ1) is 19.7. The number of carbonyl (C=O) groups is 2. The van der Waals surface area contributed by atoms with Crippen LogP contribution in [0.25, 0.3) is 10.8 Å². The molecule has 0 aliphatic rings. The monoisotopic (exact) mass is 410 g/mol. The second-order valence-corrected chi connectivity index (χ2v) is 7.29. The third-order valence-corrected chi connectivity index (χ3v) is 5.02. The van der Waals surface area contributed by atoms with Crippen molar-refractivity contribution in [3.63, 3.8) is 0 Å². The minimum absolute atomic E-state index is 0.0895. The number of nitrogens with one attached hydrogen (secondary N) is 1. The van der Waals surface area contributed by atoms with E-state index in [2.05, 4.69) is 5.32 Å².